The molecule has 2 rings (SSSR count). The van der Waals surface area contributed by atoms with Crippen molar-refractivity contribution in [3.8, 4) is 5.75 Å². The van der Waals surface area contributed by atoms with Crippen LogP contribution in [-0.4, -0.2) is 32.7 Å². The molecule has 0 unspecified atom stereocenters. The number of aromatic hydroxyl groups is 1. The lowest BCUT2D eigenvalue weighted by Gasteiger charge is -2.16. The van der Waals surface area contributed by atoms with Gasteiger partial charge in [0.2, 0.25) is 5.91 Å². The molecule has 0 radical (unpaired) electrons. The Balaban J connectivity index is 1.87. The summed E-state index contributed by atoms with van der Waals surface area (Å²) in [5.74, 6) is 0.298. The van der Waals surface area contributed by atoms with Crippen LogP contribution in [0.4, 0.5) is 0 Å². The van der Waals surface area contributed by atoms with Crippen molar-refractivity contribution in [3.63, 3.8) is 0 Å². The van der Waals surface area contributed by atoms with Crippen molar-refractivity contribution >= 4 is 5.91 Å². The second kappa shape index (κ2) is 6.23. The third kappa shape index (κ3) is 3.60. The predicted molar refractivity (Wildman–Crippen MR) is 76.1 cm³/mol. The van der Waals surface area contributed by atoms with E-state index in [1.165, 1.54) is 0 Å². The van der Waals surface area contributed by atoms with Gasteiger partial charge in [0.25, 0.3) is 0 Å². The van der Waals surface area contributed by atoms with E-state index in [0.29, 0.717) is 19.4 Å². The van der Waals surface area contributed by atoms with Gasteiger partial charge in [-0.15, -0.1) is 0 Å². The lowest BCUT2D eigenvalue weighted by molar-refractivity contribution is -0.130. The topological polar surface area (TPSA) is 58.4 Å². The van der Waals surface area contributed by atoms with Crippen LogP contribution < -0.4 is 0 Å². The molecule has 0 aliphatic rings. The SMILES string of the molecule is CN(Cc1cnn(C)c1)C(=O)CCc1ccccc1O. The van der Waals surface area contributed by atoms with Gasteiger partial charge in [0.15, 0.2) is 0 Å². The van der Waals surface area contributed by atoms with Gasteiger partial charge in [-0.3, -0.25) is 9.48 Å². The van der Waals surface area contributed by atoms with E-state index in [1.807, 2.05) is 25.4 Å². The predicted octanol–water partition coefficient (Wildman–Crippen LogP) is 1.72. The summed E-state index contributed by atoms with van der Waals surface area (Å²) in [7, 11) is 3.63. The van der Waals surface area contributed by atoms with Crippen molar-refractivity contribution in [2.75, 3.05) is 7.05 Å². The number of hydrogen-bond acceptors (Lipinski definition) is 3. The zero-order valence-electron chi connectivity index (χ0n) is 11.8. The molecule has 0 saturated heterocycles. The fourth-order valence-corrected chi connectivity index (χ4v) is 2.07. The summed E-state index contributed by atoms with van der Waals surface area (Å²) in [5, 5.41) is 13.7. The molecule has 106 valence electrons. The number of carbonyl (C=O) groups is 1. The normalized spacial score (nSPS) is 10.5. The van der Waals surface area contributed by atoms with Gasteiger partial charge in [-0.1, -0.05) is 18.2 Å². The number of hydrogen-bond donors (Lipinski definition) is 1. The maximum Gasteiger partial charge on any atom is 0.222 e. The number of phenolic OH excluding ortho intramolecular Hbond substituents is 1. The Labute approximate surface area is 118 Å². The van der Waals surface area contributed by atoms with E-state index >= 15 is 0 Å². The molecule has 1 aromatic carbocycles. The van der Waals surface area contributed by atoms with Crippen LogP contribution in [0.25, 0.3) is 0 Å². The molecular weight excluding hydrogens is 254 g/mol. The smallest absolute Gasteiger partial charge is 0.222 e. The van der Waals surface area contributed by atoms with E-state index in [4.69, 9.17) is 0 Å². The fourth-order valence-electron chi connectivity index (χ4n) is 2.07. The van der Waals surface area contributed by atoms with Crippen LogP contribution in [0.5, 0.6) is 5.75 Å². The number of rotatable bonds is 5. The molecule has 0 aliphatic heterocycles. The molecule has 0 bridgehead atoms. The minimum Gasteiger partial charge on any atom is -0.508 e. The van der Waals surface area contributed by atoms with Gasteiger partial charge in [0.1, 0.15) is 5.75 Å². The molecule has 2 aromatic rings. The molecule has 0 fully saturated rings. The molecule has 0 spiro atoms. The summed E-state index contributed by atoms with van der Waals surface area (Å²) in [4.78, 5) is 13.7. The van der Waals surface area contributed by atoms with Crippen molar-refractivity contribution < 1.29 is 9.90 Å². The Morgan fingerprint density at radius 2 is 2.15 bits per heavy atom. The van der Waals surface area contributed by atoms with Crippen LogP contribution in [0.15, 0.2) is 36.7 Å². The van der Waals surface area contributed by atoms with Gasteiger partial charge < -0.3 is 10.0 Å². The first-order valence-corrected chi connectivity index (χ1v) is 6.54. The standard InChI is InChI=1S/C15H19N3O2/c1-17(10-12-9-16-18(2)11-12)15(20)8-7-13-5-3-4-6-14(13)19/h3-6,9,11,19H,7-8,10H2,1-2H3. The van der Waals surface area contributed by atoms with Gasteiger partial charge in [-0.05, 0) is 18.1 Å². The Kier molecular flexibility index (Phi) is 4.40. The maximum absolute atomic E-state index is 12.1. The van der Waals surface area contributed by atoms with Crippen molar-refractivity contribution in [2.24, 2.45) is 7.05 Å². The quantitative estimate of drug-likeness (QED) is 0.902. The van der Waals surface area contributed by atoms with Gasteiger partial charge >= 0.3 is 0 Å². The highest BCUT2D eigenvalue weighted by Gasteiger charge is 2.11. The average Bonchev–Trinajstić information content (AvgIpc) is 2.82. The van der Waals surface area contributed by atoms with Crippen molar-refractivity contribution in [2.45, 2.75) is 19.4 Å². The number of aromatic nitrogens is 2. The van der Waals surface area contributed by atoms with Gasteiger partial charge in [-0.25, -0.2) is 0 Å². The number of amides is 1. The highest BCUT2D eigenvalue weighted by atomic mass is 16.3. The zero-order valence-corrected chi connectivity index (χ0v) is 11.8. The first-order valence-electron chi connectivity index (χ1n) is 6.54. The van der Waals surface area contributed by atoms with Gasteiger partial charge in [0.05, 0.1) is 6.20 Å². The van der Waals surface area contributed by atoms with E-state index in [-0.39, 0.29) is 11.7 Å². The molecule has 0 atom stereocenters. The summed E-state index contributed by atoms with van der Waals surface area (Å²) in [6.07, 6.45) is 4.58. The molecule has 5 nitrogen and oxygen atoms in total. The first-order chi connectivity index (χ1) is 9.56. The molecule has 1 heterocycles. The zero-order chi connectivity index (χ0) is 14.5. The lowest BCUT2D eigenvalue weighted by Crippen LogP contribution is -2.26. The molecule has 0 aliphatic carbocycles. The van der Waals surface area contributed by atoms with Crippen LogP contribution >= 0.6 is 0 Å². The second-order valence-corrected chi connectivity index (χ2v) is 4.90. The Bertz CT molecular complexity index is 592. The lowest BCUT2D eigenvalue weighted by atomic mass is 10.1. The number of aryl methyl sites for hydroxylation is 2. The Hall–Kier alpha value is -2.30. The molecule has 20 heavy (non-hydrogen) atoms. The van der Waals surface area contributed by atoms with Gasteiger partial charge in [-0.2, -0.15) is 5.10 Å². The van der Waals surface area contributed by atoms with E-state index in [1.54, 1.807) is 35.0 Å². The largest absolute Gasteiger partial charge is 0.508 e. The third-order valence-electron chi connectivity index (χ3n) is 3.20. The van der Waals surface area contributed by atoms with Crippen molar-refractivity contribution in [3.05, 3.63) is 47.8 Å². The Morgan fingerprint density at radius 3 is 2.80 bits per heavy atom. The minimum atomic E-state index is 0.0529. The number of nitrogens with zero attached hydrogens (tertiary/aromatic N) is 3. The van der Waals surface area contributed by atoms with Crippen LogP contribution in [0.3, 0.4) is 0 Å². The highest BCUT2D eigenvalue weighted by Crippen LogP contribution is 2.17. The van der Waals surface area contributed by atoms with Crippen LogP contribution in [-0.2, 0) is 24.8 Å². The van der Waals surface area contributed by atoms with E-state index in [9.17, 15) is 9.90 Å². The summed E-state index contributed by atoms with van der Waals surface area (Å²) in [6.45, 7) is 0.549. The molecule has 1 amide bonds. The van der Waals surface area contributed by atoms with E-state index in [2.05, 4.69) is 5.10 Å². The second-order valence-electron chi connectivity index (χ2n) is 4.90. The van der Waals surface area contributed by atoms with E-state index < -0.39 is 0 Å². The highest BCUT2D eigenvalue weighted by molar-refractivity contribution is 5.76. The maximum atomic E-state index is 12.1. The van der Waals surface area contributed by atoms with E-state index in [0.717, 1.165) is 11.1 Å². The van der Waals surface area contributed by atoms with Crippen LogP contribution in [0.1, 0.15) is 17.5 Å². The third-order valence-corrected chi connectivity index (χ3v) is 3.20. The average molecular weight is 273 g/mol. The van der Waals surface area contributed by atoms with Crippen molar-refractivity contribution in [1.29, 1.82) is 0 Å². The number of benzene rings is 1. The monoisotopic (exact) mass is 273 g/mol. The summed E-state index contributed by atoms with van der Waals surface area (Å²) < 4.78 is 1.72. The molecule has 1 aromatic heterocycles. The number of para-hydroxylation sites is 1. The molecule has 1 N–H and O–H groups in total. The summed E-state index contributed by atoms with van der Waals surface area (Å²) >= 11 is 0. The molecule has 0 saturated carbocycles. The number of phenols is 1. The van der Waals surface area contributed by atoms with Gasteiger partial charge in [0, 0.05) is 38.8 Å². The summed E-state index contributed by atoms with van der Waals surface area (Å²) in [6, 6.07) is 7.11. The first kappa shape index (κ1) is 14.1. The van der Waals surface area contributed by atoms with Crippen molar-refractivity contribution in [1.82, 2.24) is 14.7 Å². The summed E-state index contributed by atoms with van der Waals surface area (Å²) in [5.41, 5.74) is 1.81. The van der Waals surface area contributed by atoms with Crippen LogP contribution in [0, 0.1) is 0 Å². The molecular formula is C15H19N3O2. The Morgan fingerprint density at radius 1 is 1.40 bits per heavy atom. The minimum absolute atomic E-state index is 0.0529. The fraction of sp³-hybridized carbons (Fsp3) is 0.333. The van der Waals surface area contributed by atoms with Crippen LogP contribution in [0.2, 0.25) is 0 Å². The number of carbonyl (C=O) groups excluding carboxylic acids is 1. The molecule has 5 heteroatoms.